The summed E-state index contributed by atoms with van der Waals surface area (Å²) in [6, 6.07) is 11.2. The lowest BCUT2D eigenvalue weighted by molar-refractivity contribution is 0.471. The highest BCUT2D eigenvalue weighted by Gasteiger charge is 2.12. The molecule has 0 aliphatic heterocycles. The molecule has 0 spiro atoms. The molecule has 0 aliphatic carbocycles. The number of H-pyrrole nitrogens is 1. The van der Waals surface area contributed by atoms with Crippen molar-refractivity contribution in [3.63, 3.8) is 0 Å². The SMILES string of the molecule is Cc1ccc(O)c(C)c1-c1cnc2[nH]c(-c3ccn(C)c(=O)c3)cc2c1. The summed E-state index contributed by atoms with van der Waals surface area (Å²) in [6.45, 7) is 3.93. The minimum Gasteiger partial charge on any atom is -0.508 e. The molecular weight excluding hydrogens is 326 g/mol. The summed E-state index contributed by atoms with van der Waals surface area (Å²) < 4.78 is 1.54. The van der Waals surface area contributed by atoms with Gasteiger partial charge >= 0.3 is 0 Å². The number of hydrogen-bond donors (Lipinski definition) is 2. The second-order valence-corrected chi connectivity index (χ2v) is 6.61. The maximum Gasteiger partial charge on any atom is 0.250 e. The van der Waals surface area contributed by atoms with Crippen LogP contribution in [0.25, 0.3) is 33.4 Å². The molecule has 4 aromatic rings. The summed E-state index contributed by atoms with van der Waals surface area (Å²) in [4.78, 5) is 19.7. The first kappa shape index (κ1) is 16.1. The van der Waals surface area contributed by atoms with Gasteiger partial charge in [-0.3, -0.25) is 4.79 Å². The van der Waals surface area contributed by atoms with Crippen LogP contribution < -0.4 is 5.56 Å². The Hall–Kier alpha value is -3.34. The van der Waals surface area contributed by atoms with E-state index in [-0.39, 0.29) is 11.3 Å². The molecule has 0 saturated heterocycles. The molecule has 0 fully saturated rings. The molecule has 4 rings (SSSR count). The fourth-order valence-corrected chi connectivity index (χ4v) is 3.30. The maximum atomic E-state index is 11.9. The lowest BCUT2D eigenvalue weighted by Gasteiger charge is -2.11. The van der Waals surface area contributed by atoms with Gasteiger partial charge in [0.15, 0.2) is 0 Å². The van der Waals surface area contributed by atoms with Crippen LogP contribution in [0.2, 0.25) is 0 Å². The zero-order valence-electron chi connectivity index (χ0n) is 14.9. The molecule has 2 N–H and O–H groups in total. The number of rotatable bonds is 2. The summed E-state index contributed by atoms with van der Waals surface area (Å²) in [7, 11) is 1.73. The maximum absolute atomic E-state index is 11.9. The van der Waals surface area contributed by atoms with E-state index in [9.17, 15) is 9.90 Å². The van der Waals surface area contributed by atoms with Gasteiger partial charge < -0.3 is 14.7 Å². The number of aromatic nitrogens is 3. The van der Waals surface area contributed by atoms with Gasteiger partial charge in [-0.15, -0.1) is 0 Å². The van der Waals surface area contributed by atoms with Crippen molar-refractivity contribution in [2.45, 2.75) is 13.8 Å². The molecule has 0 amide bonds. The summed E-state index contributed by atoms with van der Waals surface area (Å²) >= 11 is 0. The van der Waals surface area contributed by atoms with E-state index in [1.54, 1.807) is 31.6 Å². The normalized spacial score (nSPS) is 11.2. The van der Waals surface area contributed by atoms with Crippen LogP contribution in [-0.4, -0.2) is 19.6 Å². The van der Waals surface area contributed by atoms with E-state index in [1.807, 2.05) is 32.0 Å². The number of hydrogen-bond acceptors (Lipinski definition) is 3. The molecule has 3 aromatic heterocycles. The number of phenolic OH excluding ortho intramolecular Hbond substituents is 1. The molecule has 5 nitrogen and oxygen atoms in total. The number of benzene rings is 1. The Balaban J connectivity index is 1.86. The number of aromatic hydroxyl groups is 1. The molecule has 0 radical (unpaired) electrons. The van der Waals surface area contributed by atoms with E-state index in [0.29, 0.717) is 0 Å². The molecule has 0 bridgehead atoms. The van der Waals surface area contributed by atoms with Crippen molar-refractivity contribution < 1.29 is 5.11 Å². The lowest BCUT2D eigenvalue weighted by Crippen LogP contribution is -2.14. The average Bonchev–Trinajstić information content (AvgIpc) is 3.04. The predicted octanol–water partition coefficient (Wildman–Crippen LogP) is 3.92. The Morgan fingerprint density at radius 1 is 1.08 bits per heavy atom. The van der Waals surface area contributed by atoms with Crippen molar-refractivity contribution in [3.05, 3.63) is 70.3 Å². The van der Waals surface area contributed by atoms with Gasteiger partial charge in [0.2, 0.25) is 0 Å². The first-order valence-electron chi connectivity index (χ1n) is 8.39. The highest BCUT2D eigenvalue weighted by Crippen LogP contribution is 2.34. The van der Waals surface area contributed by atoms with Gasteiger partial charge in [0.1, 0.15) is 11.4 Å². The molecule has 0 aliphatic rings. The number of phenols is 1. The number of pyridine rings is 2. The molecule has 0 saturated carbocycles. The first-order valence-corrected chi connectivity index (χ1v) is 8.39. The van der Waals surface area contributed by atoms with Crippen LogP contribution in [-0.2, 0) is 7.05 Å². The Morgan fingerprint density at radius 2 is 1.88 bits per heavy atom. The standard InChI is InChI=1S/C21H19N3O2/c1-12-4-5-18(25)13(2)20(12)16-8-15-9-17(23-21(15)22-11-16)14-6-7-24(3)19(26)10-14/h4-11,25H,1-3H3,(H,22,23). The third-order valence-electron chi connectivity index (χ3n) is 4.82. The van der Waals surface area contributed by atoms with Crippen LogP contribution >= 0.6 is 0 Å². The van der Waals surface area contributed by atoms with Gasteiger partial charge in [0.05, 0.1) is 0 Å². The van der Waals surface area contributed by atoms with Crippen molar-refractivity contribution in [2.75, 3.05) is 0 Å². The molecule has 5 heteroatoms. The van der Waals surface area contributed by atoms with Crippen molar-refractivity contribution in [2.24, 2.45) is 7.05 Å². The zero-order chi connectivity index (χ0) is 18.4. The topological polar surface area (TPSA) is 70.9 Å². The summed E-state index contributed by atoms with van der Waals surface area (Å²) in [6.07, 6.45) is 3.56. The monoisotopic (exact) mass is 345 g/mol. The van der Waals surface area contributed by atoms with Crippen LogP contribution in [0, 0.1) is 13.8 Å². The Labute approximate surface area is 150 Å². The highest BCUT2D eigenvalue weighted by molar-refractivity contribution is 5.87. The van der Waals surface area contributed by atoms with E-state index in [0.717, 1.165) is 44.5 Å². The third kappa shape index (κ3) is 2.58. The third-order valence-corrected chi connectivity index (χ3v) is 4.82. The van der Waals surface area contributed by atoms with Gasteiger partial charge in [-0.1, -0.05) is 6.07 Å². The van der Waals surface area contributed by atoms with Crippen molar-refractivity contribution >= 4 is 11.0 Å². The number of nitrogens with one attached hydrogen (secondary N) is 1. The fourth-order valence-electron chi connectivity index (χ4n) is 3.30. The summed E-state index contributed by atoms with van der Waals surface area (Å²) in [5.74, 6) is 0.278. The Morgan fingerprint density at radius 3 is 2.65 bits per heavy atom. The first-order chi connectivity index (χ1) is 12.4. The van der Waals surface area contributed by atoms with Crippen molar-refractivity contribution in [1.29, 1.82) is 0 Å². The molecule has 26 heavy (non-hydrogen) atoms. The molecule has 0 unspecified atom stereocenters. The van der Waals surface area contributed by atoms with Crippen molar-refractivity contribution in [3.8, 4) is 28.1 Å². The molecule has 1 aromatic carbocycles. The Kier molecular flexibility index (Phi) is 3.65. The molecule has 130 valence electrons. The van der Waals surface area contributed by atoms with Crippen LogP contribution in [0.4, 0.5) is 0 Å². The fraction of sp³-hybridized carbons (Fsp3) is 0.143. The zero-order valence-corrected chi connectivity index (χ0v) is 14.9. The van der Waals surface area contributed by atoms with Crippen LogP contribution in [0.15, 0.2) is 53.6 Å². The molecular formula is C21H19N3O2. The summed E-state index contributed by atoms with van der Waals surface area (Å²) in [5, 5.41) is 11.0. The quantitative estimate of drug-likeness (QED) is 0.578. The van der Waals surface area contributed by atoms with E-state index in [1.165, 1.54) is 4.57 Å². The summed E-state index contributed by atoms with van der Waals surface area (Å²) in [5.41, 5.74) is 6.27. The lowest BCUT2D eigenvalue weighted by atomic mass is 9.96. The van der Waals surface area contributed by atoms with Crippen LogP contribution in [0.5, 0.6) is 5.75 Å². The second kappa shape index (κ2) is 5.88. The van der Waals surface area contributed by atoms with Crippen molar-refractivity contribution in [1.82, 2.24) is 14.5 Å². The largest absolute Gasteiger partial charge is 0.508 e. The van der Waals surface area contributed by atoms with E-state index in [4.69, 9.17) is 0 Å². The van der Waals surface area contributed by atoms with Gasteiger partial charge in [0, 0.05) is 47.7 Å². The minimum atomic E-state index is -0.0548. The van der Waals surface area contributed by atoms with Gasteiger partial charge in [-0.2, -0.15) is 0 Å². The number of fused-ring (bicyclic) bond motifs is 1. The Bertz CT molecular complexity index is 1200. The predicted molar refractivity (Wildman–Crippen MR) is 103 cm³/mol. The van der Waals surface area contributed by atoms with E-state index >= 15 is 0 Å². The van der Waals surface area contributed by atoms with Crippen LogP contribution in [0.1, 0.15) is 11.1 Å². The second-order valence-electron chi connectivity index (χ2n) is 6.61. The minimum absolute atomic E-state index is 0.0548. The van der Waals surface area contributed by atoms with E-state index in [2.05, 4.69) is 16.0 Å². The molecule has 3 heterocycles. The molecule has 0 atom stereocenters. The number of aryl methyl sites for hydroxylation is 2. The highest BCUT2D eigenvalue weighted by atomic mass is 16.3. The van der Waals surface area contributed by atoms with Gasteiger partial charge in [-0.05, 0) is 54.8 Å². The van der Waals surface area contributed by atoms with Gasteiger partial charge in [-0.25, -0.2) is 4.98 Å². The van der Waals surface area contributed by atoms with E-state index < -0.39 is 0 Å². The number of nitrogens with zero attached hydrogens (tertiary/aromatic N) is 2. The average molecular weight is 345 g/mol. The van der Waals surface area contributed by atoms with Crippen LogP contribution in [0.3, 0.4) is 0 Å². The smallest absolute Gasteiger partial charge is 0.250 e. The van der Waals surface area contributed by atoms with Gasteiger partial charge in [0.25, 0.3) is 5.56 Å². The number of aromatic amines is 1.